The highest BCUT2D eigenvalue weighted by Crippen LogP contribution is 2.07. The number of nitrogens with zero attached hydrogens (tertiary/aromatic N) is 2. The quantitative estimate of drug-likeness (QED) is 0.749. The second-order valence-electron chi connectivity index (χ2n) is 3.46. The molecule has 0 aliphatic heterocycles. The average Bonchev–Trinajstić information content (AvgIpc) is 2.17. The number of likely N-dealkylation sites (N-methyl/N-ethyl adjacent to an activating group) is 1. The molecule has 0 saturated heterocycles. The van der Waals surface area contributed by atoms with E-state index >= 15 is 0 Å². The second kappa shape index (κ2) is 5.31. The Bertz CT molecular complexity index is 339. The summed E-state index contributed by atoms with van der Waals surface area (Å²) in [6, 6.07) is 3.28. The largest absolute Gasteiger partial charge is 0.477 e. The zero-order chi connectivity index (χ0) is 11.3. The van der Waals surface area contributed by atoms with Gasteiger partial charge in [0, 0.05) is 25.0 Å². The summed E-state index contributed by atoms with van der Waals surface area (Å²) in [4.78, 5) is 16.4. The fourth-order valence-corrected chi connectivity index (χ4v) is 1.08. The van der Waals surface area contributed by atoms with Gasteiger partial charge in [0.05, 0.1) is 0 Å². The molecule has 0 atom stereocenters. The third-order valence-electron chi connectivity index (χ3n) is 1.87. The molecular weight excluding hydrogens is 194 g/mol. The fourth-order valence-electron chi connectivity index (χ4n) is 1.08. The lowest BCUT2D eigenvalue weighted by molar-refractivity contribution is 0.0690. The van der Waals surface area contributed by atoms with Crippen molar-refractivity contribution in [3.05, 3.63) is 24.0 Å². The van der Waals surface area contributed by atoms with Gasteiger partial charge in [-0.2, -0.15) is 0 Å². The number of hydrogen-bond donors (Lipinski definition) is 2. The number of carboxylic acid groups (broad SMARTS) is 1. The minimum Gasteiger partial charge on any atom is -0.477 e. The Morgan fingerprint density at radius 1 is 1.60 bits per heavy atom. The molecule has 82 valence electrons. The maximum atomic E-state index is 10.6. The molecular formula is C10H15N3O2. The summed E-state index contributed by atoms with van der Waals surface area (Å²) in [5.74, 6) is -1.01. The van der Waals surface area contributed by atoms with Crippen LogP contribution >= 0.6 is 0 Å². The monoisotopic (exact) mass is 209 g/mol. The minimum absolute atomic E-state index is 0.0600. The van der Waals surface area contributed by atoms with Gasteiger partial charge in [-0.3, -0.25) is 0 Å². The zero-order valence-electron chi connectivity index (χ0n) is 8.90. The molecule has 0 amide bonds. The lowest BCUT2D eigenvalue weighted by Gasteiger charge is -2.11. The first-order valence-corrected chi connectivity index (χ1v) is 4.67. The van der Waals surface area contributed by atoms with Crippen LogP contribution in [0.25, 0.3) is 0 Å². The van der Waals surface area contributed by atoms with Crippen LogP contribution in [-0.2, 0) is 0 Å². The molecule has 5 nitrogen and oxygen atoms in total. The van der Waals surface area contributed by atoms with Crippen LogP contribution in [0.1, 0.15) is 10.5 Å². The smallest absolute Gasteiger partial charge is 0.354 e. The first kappa shape index (κ1) is 11.5. The number of aromatic carboxylic acids is 1. The van der Waals surface area contributed by atoms with E-state index in [9.17, 15) is 4.79 Å². The van der Waals surface area contributed by atoms with Crippen molar-refractivity contribution in [3.8, 4) is 0 Å². The number of hydrogen-bond acceptors (Lipinski definition) is 4. The lowest BCUT2D eigenvalue weighted by atomic mass is 10.3. The molecule has 0 fully saturated rings. The van der Waals surface area contributed by atoms with Crippen molar-refractivity contribution in [2.45, 2.75) is 0 Å². The molecule has 0 aromatic carbocycles. The first-order valence-electron chi connectivity index (χ1n) is 4.67. The van der Waals surface area contributed by atoms with Gasteiger partial charge < -0.3 is 15.3 Å². The molecule has 0 bridgehead atoms. The van der Waals surface area contributed by atoms with Crippen LogP contribution in [0.2, 0.25) is 0 Å². The van der Waals surface area contributed by atoms with Gasteiger partial charge in [-0.25, -0.2) is 9.78 Å². The molecule has 0 radical (unpaired) electrons. The molecule has 15 heavy (non-hydrogen) atoms. The van der Waals surface area contributed by atoms with Gasteiger partial charge in [-0.1, -0.05) is 0 Å². The van der Waals surface area contributed by atoms with Crippen LogP contribution in [0.4, 0.5) is 5.69 Å². The van der Waals surface area contributed by atoms with Gasteiger partial charge in [0.1, 0.15) is 5.69 Å². The van der Waals surface area contributed by atoms with E-state index in [2.05, 4.69) is 10.3 Å². The van der Waals surface area contributed by atoms with Crippen LogP contribution in [0.5, 0.6) is 0 Å². The summed E-state index contributed by atoms with van der Waals surface area (Å²) >= 11 is 0. The van der Waals surface area contributed by atoms with Gasteiger partial charge in [-0.15, -0.1) is 0 Å². The lowest BCUT2D eigenvalue weighted by Crippen LogP contribution is -2.20. The maximum Gasteiger partial charge on any atom is 0.354 e. The molecule has 0 aliphatic carbocycles. The predicted molar refractivity (Wildman–Crippen MR) is 58.2 cm³/mol. The summed E-state index contributed by atoms with van der Waals surface area (Å²) in [5, 5.41) is 11.9. The summed E-state index contributed by atoms with van der Waals surface area (Å²) < 4.78 is 0. The Labute approximate surface area is 88.7 Å². The number of anilines is 1. The fraction of sp³-hybridized carbons (Fsp3) is 0.400. The van der Waals surface area contributed by atoms with E-state index in [1.54, 1.807) is 6.07 Å². The van der Waals surface area contributed by atoms with E-state index in [1.807, 2.05) is 19.0 Å². The normalized spacial score (nSPS) is 10.3. The standard InChI is InChI=1S/C10H15N3O2/c1-13(2)6-5-11-8-3-4-12-9(7-8)10(14)15/h3-4,7H,5-6H2,1-2H3,(H,11,12)(H,14,15). The van der Waals surface area contributed by atoms with Crippen molar-refractivity contribution < 1.29 is 9.90 Å². The van der Waals surface area contributed by atoms with E-state index in [1.165, 1.54) is 12.3 Å². The Morgan fingerprint density at radius 3 is 2.93 bits per heavy atom. The van der Waals surface area contributed by atoms with Crippen LogP contribution < -0.4 is 5.32 Å². The molecule has 1 heterocycles. The van der Waals surface area contributed by atoms with Crippen LogP contribution in [0.3, 0.4) is 0 Å². The molecule has 0 spiro atoms. The van der Waals surface area contributed by atoms with Gasteiger partial charge in [0.25, 0.3) is 0 Å². The summed E-state index contributed by atoms with van der Waals surface area (Å²) in [7, 11) is 3.97. The summed E-state index contributed by atoms with van der Waals surface area (Å²) in [6.45, 7) is 1.67. The minimum atomic E-state index is -1.01. The number of carboxylic acids is 1. The molecule has 0 aliphatic rings. The first-order chi connectivity index (χ1) is 7.09. The SMILES string of the molecule is CN(C)CCNc1ccnc(C(=O)O)c1. The third-order valence-corrected chi connectivity index (χ3v) is 1.87. The van der Waals surface area contributed by atoms with Crippen LogP contribution in [0.15, 0.2) is 18.3 Å². The highest BCUT2D eigenvalue weighted by Gasteiger charge is 2.04. The van der Waals surface area contributed by atoms with E-state index in [-0.39, 0.29) is 5.69 Å². The Hall–Kier alpha value is -1.62. The zero-order valence-corrected chi connectivity index (χ0v) is 8.90. The number of nitrogens with one attached hydrogen (secondary N) is 1. The van der Waals surface area contributed by atoms with Crippen molar-refractivity contribution >= 4 is 11.7 Å². The van der Waals surface area contributed by atoms with Gasteiger partial charge in [-0.05, 0) is 26.2 Å². The van der Waals surface area contributed by atoms with Crippen LogP contribution in [0, 0.1) is 0 Å². The Kier molecular flexibility index (Phi) is 4.05. The van der Waals surface area contributed by atoms with Gasteiger partial charge in [0.15, 0.2) is 0 Å². The average molecular weight is 209 g/mol. The highest BCUT2D eigenvalue weighted by atomic mass is 16.4. The van der Waals surface area contributed by atoms with E-state index in [0.717, 1.165) is 18.8 Å². The molecule has 0 unspecified atom stereocenters. The molecule has 1 aromatic rings. The number of pyridine rings is 1. The molecule has 0 saturated carbocycles. The summed E-state index contributed by atoms with van der Waals surface area (Å²) in [6.07, 6.45) is 1.49. The topological polar surface area (TPSA) is 65.5 Å². The van der Waals surface area contributed by atoms with E-state index in [4.69, 9.17) is 5.11 Å². The third kappa shape index (κ3) is 3.95. The highest BCUT2D eigenvalue weighted by molar-refractivity contribution is 5.86. The molecule has 1 aromatic heterocycles. The summed E-state index contributed by atoms with van der Waals surface area (Å²) in [5.41, 5.74) is 0.842. The van der Waals surface area contributed by atoms with Gasteiger partial charge in [0.2, 0.25) is 0 Å². The Morgan fingerprint density at radius 2 is 2.33 bits per heavy atom. The predicted octanol–water partition coefficient (Wildman–Crippen LogP) is 0.753. The van der Waals surface area contributed by atoms with Crippen LogP contribution in [-0.4, -0.2) is 48.1 Å². The second-order valence-corrected chi connectivity index (χ2v) is 3.46. The number of aromatic nitrogens is 1. The van der Waals surface area contributed by atoms with E-state index < -0.39 is 5.97 Å². The van der Waals surface area contributed by atoms with Crippen molar-refractivity contribution in [2.75, 3.05) is 32.5 Å². The maximum absolute atomic E-state index is 10.6. The van der Waals surface area contributed by atoms with Gasteiger partial charge >= 0.3 is 5.97 Å². The number of carbonyl (C=O) groups is 1. The number of rotatable bonds is 5. The van der Waals surface area contributed by atoms with Crippen molar-refractivity contribution in [3.63, 3.8) is 0 Å². The van der Waals surface area contributed by atoms with Crippen molar-refractivity contribution in [1.29, 1.82) is 0 Å². The molecule has 5 heteroatoms. The van der Waals surface area contributed by atoms with Crippen molar-refractivity contribution in [2.24, 2.45) is 0 Å². The van der Waals surface area contributed by atoms with Crippen molar-refractivity contribution in [1.82, 2.24) is 9.88 Å². The molecule has 2 N–H and O–H groups in total. The van der Waals surface area contributed by atoms with E-state index in [0.29, 0.717) is 0 Å². The molecule has 1 rings (SSSR count). The Balaban J connectivity index is 2.54.